The zero-order chi connectivity index (χ0) is 14.5. The minimum Gasteiger partial charge on any atom is -0.385 e. The number of rotatable bonds is 5. The molecule has 2 heteroatoms. The molecular formula is C18H22O2. The molecule has 0 aromatic heterocycles. The standard InChI is InChI=1S/C18H22O2/c1-3-13-5-9-15(10-6-13)17(19)18(20)16-11-7-14(4-2)8-12-16/h5-12,17-20H,3-4H2,1-2H3/t17-,18-/m1/s1. The molecule has 2 aromatic rings. The Morgan fingerprint density at radius 2 is 0.950 bits per heavy atom. The maximum absolute atomic E-state index is 10.3. The normalized spacial score (nSPS) is 14.0. The molecule has 2 nitrogen and oxygen atoms in total. The maximum Gasteiger partial charge on any atom is 0.109 e. The molecule has 106 valence electrons. The van der Waals surface area contributed by atoms with Crippen molar-refractivity contribution in [3.8, 4) is 0 Å². The molecule has 0 aliphatic heterocycles. The van der Waals surface area contributed by atoms with Crippen LogP contribution in [0.25, 0.3) is 0 Å². The van der Waals surface area contributed by atoms with E-state index in [1.807, 2.05) is 48.5 Å². The number of aliphatic hydroxyl groups is 2. The van der Waals surface area contributed by atoms with E-state index in [4.69, 9.17) is 0 Å². The summed E-state index contributed by atoms with van der Waals surface area (Å²) in [6, 6.07) is 15.5. The summed E-state index contributed by atoms with van der Waals surface area (Å²) < 4.78 is 0. The Morgan fingerprint density at radius 1 is 0.650 bits per heavy atom. The molecule has 2 rings (SSSR count). The Hall–Kier alpha value is -1.64. The molecule has 0 aliphatic carbocycles. The predicted octanol–water partition coefficient (Wildman–Crippen LogP) is 3.58. The van der Waals surface area contributed by atoms with Crippen molar-refractivity contribution in [3.05, 3.63) is 70.8 Å². The second kappa shape index (κ2) is 6.69. The highest BCUT2D eigenvalue weighted by Gasteiger charge is 2.19. The van der Waals surface area contributed by atoms with E-state index in [2.05, 4.69) is 13.8 Å². The zero-order valence-electron chi connectivity index (χ0n) is 12.1. The summed E-state index contributed by atoms with van der Waals surface area (Å²) in [5, 5.41) is 20.6. The van der Waals surface area contributed by atoms with E-state index in [9.17, 15) is 10.2 Å². The SMILES string of the molecule is CCc1ccc([C@@H](O)[C@H](O)c2ccc(CC)cc2)cc1. The van der Waals surface area contributed by atoms with Gasteiger partial charge in [0.05, 0.1) is 0 Å². The summed E-state index contributed by atoms with van der Waals surface area (Å²) in [6.07, 6.45) is 0.149. The van der Waals surface area contributed by atoms with Crippen LogP contribution in [0.15, 0.2) is 48.5 Å². The molecule has 0 unspecified atom stereocenters. The fraction of sp³-hybridized carbons (Fsp3) is 0.333. The predicted molar refractivity (Wildman–Crippen MR) is 81.6 cm³/mol. The van der Waals surface area contributed by atoms with E-state index < -0.39 is 12.2 Å². The van der Waals surface area contributed by atoms with Crippen molar-refractivity contribution in [2.24, 2.45) is 0 Å². The molecule has 2 atom stereocenters. The average molecular weight is 270 g/mol. The van der Waals surface area contributed by atoms with Crippen LogP contribution in [0.4, 0.5) is 0 Å². The minimum absolute atomic E-state index is 0.745. The molecule has 0 saturated heterocycles. The third-order valence-corrected chi connectivity index (χ3v) is 3.76. The van der Waals surface area contributed by atoms with E-state index in [0.29, 0.717) is 0 Å². The van der Waals surface area contributed by atoms with Crippen LogP contribution >= 0.6 is 0 Å². The van der Waals surface area contributed by atoms with Gasteiger partial charge in [-0.3, -0.25) is 0 Å². The summed E-state index contributed by atoms with van der Waals surface area (Å²) in [5.41, 5.74) is 3.94. The van der Waals surface area contributed by atoms with Crippen molar-refractivity contribution in [2.75, 3.05) is 0 Å². The summed E-state index contributed by atoms with van der Waals surface area (Å²) in [6.45, 7) is 4.19. The van der Waals surface area contributed by atoms with Crippen LogP contribution in [0, 0.1) is 0 Å². The van der Waals surface area contributed by atoms with Gasteiger partial charge in [0.15, 0.2) is 0 Å². The highest BCUT2D eigenvalue weighted by atomic mass is 16.3. The summed E-state index contributed by atoms with van der Waals surface area (Å²) in [5.74, 6) is 0. The fourth-order valence-corrected chi connectivity index (χ4v) is 2.27. The van der Waals surface area contributed by atoms with Gasteiger partial charge in [0, 0.05) is 0 Å². The van der Waals surface area contributed by atoms with Gasteiger partial charge in [0.2, 0.25) is 0 Å². The molecule has 0 saturated carbocycles. The van der Waals surface area contributed by atoms with Gasteiger partial charge in [-0.05, 0) is 35.1 Å². The van der Waals surface area contributed by atoms with Crippen molar-refractivity contribution in [1.29, 1.82) is 0 Å². The van der Waals surface area contributed by atoms with E-state index in [1.54, 1.807) is 0 Å². The van der Waals surface area contributed by atoms with Crippen LogP contribution in [-0.4, -0.2) is 10.2 Å². The summed E-state index contributed by atoms with van der Waals surface area (Å²) in [7, 11) is 0. The molecule has 0 bridgehead atoms. The average Bonchev–Trinajstić information content (AvgIpc) is 2.53. The van der Waals surface area contributed by atoms with E-state index in [1.165, 1.54) is 11.1 Å². The molecule has 0 radical (unpaired) electrons. The van der Waals surface area contributed by atoms with Crippen molar-refractivity contribution in [2.45, 2.75) is 38.9 Å². The quantitative estimate of drug-likeness (QED) is 0.872. The molecule has 0 amide bonds. The third-order valence-electron chi connectivity index (χ3n) is 3.76. The Balaban J connectivity index is 2.15. The molecule has 2 N–H and O–H groups in total. The number of aliphatic hydroxyl groups excluding tert-OH is 2. The molecule has 0 heterocycles. The third kappa shape index (κ3) is 3.27. The number of benzene rings is 2. The van der Waals surface area contributed by atoms with E-state index in [0.717, 1.165) is 24.0 Å². The molecule has 20 heavy (non-hydrogen) atoms. The molecular weight excluding hydrogens is 248 g/mol. The molecule has 0 aliphatic rings. The largest absolute Gasteiger partial charge is 0.385 e. The van der Waals surface area contributed by atoms with Crippen molar-refractivity contribution in [3.63, 3.8) is 0 Å². The van der Waals surface area contributed by atoms with Crippen LogP contribution in [-0.2, 0) is 12.8 Å². The summed E-state index contributed by atoms with van der Waals surface area (Å²) in [4.78, 5) is 0. The van der Waals surface area contributed by atoms with Crippen LogP contribution in [0.5, 0.6) is 0 Å². The van der Waals surface area contributed by atoms with Crippen molar-refractivity contribution >= 4 is 0 Å². The topological polar surface area (TPSA) is 40.5 Å². The van der Waals surface area contributed by atoms with Crippen LogP contribution < -0.4 is 0 Å². The Kier molecular flexibility index (Phi) is 4.94. The van der Waals surface area contributed by atoms with Gasteiger partial charge in [-0.25, -0.2) is 0 Å². The van der Waals surface area contributed by atoms with Gasteiger partial charge in [-0.1, -0.05) is 62.4 Å². The van der Waals surface area contributed by atoms with Gasteiger partial charge in [0.25, 0.3) is 0 Å². The van der Waals surface area contributed by atoms with Gasteiger partial charge in [0.1, 0.15) is 12.2 Å². The van der Waals surface area contributed by atoms with E-state index in [-0.39, 0.29) is 0 Å². The lowest BCUT2D eigenvalue weighted by atomic mass is 9.96. The first kappa shape index (κ1) is 14.8. The van der Waals surface area contributed by atoms with E-state index >= 15 is 0 Å². The number of hydrogen-bond acceptors (Lipinski definition) is 2. The van der Waals surface area contributed by atoms with Crippen LogP contribution in [0.3, 0.4) is 0 Å². The van der Waals surface area contributed by atoms with Gasteiger partial charge in [-0.15, -0.1) is 0 Å². The zero-order valence-corrected chi connectivity index (χ0v) is 12.1. The lowest BCUT2D eigenvalue weighted by molar-refractivity contribution is 0.0172. The first-order valence-corrected chi connectivity index (χ1v) is 7.19. The van der Waals surface area contributed by atoms with Gasteiger partial charge >= 0.3 is 0 Å². The monoisotopic (exact) mass is 270 g/mol. The van der Waals surface area contributed by atoms with Gasteiger partial charge < -0.3 is 10.2 Å². The Bertz CT molecular complexity index is 477. The maximum atomic E-state index is 10.3. The van der Waals surface area contributed by atoms with Crippen LogP contribution in [0.2, 0.25) is 0 Å². The minimum atomic E-state index is -0.895. The smallest absolute Gasteiger partial charge is 0.109 e. The second-order valence-electron chi connectivity index (χ2n) is 5.08. The highest BCUT2D eigenvalue weighted by Crippen LogP contribution is 2.29. The van der Waals surface area contributed by atoms with Crippen LogP contribution in [0.1, 0.15) is 48.3 Å². The number of hydrogen-bond donors (Lipinski definition) is 2. The van der Waals surface area contributed by atoms with Gasteiger partial charge in [-0.2, -0.15) is 0 Å². The highest BCUT2D eigenvalue weighted by molar-refractivity contribution is 5.29. The Labute approximate surface area is 120 Å². The lowest BCUT2D eigenvalue weighted by Gasteiger charge is -2.19. The summed E-state index contributed by atoms with van der Waals surface area (Å²) >= 11 is 0. The van der Waals surface area contributed by atoms with Crippen molar-refractivity contribution in [1.82, 2.24) is 0 Å². The first-order valence-electron chi connectivity index (χ1n) is 7.19. The lowest BCUT2D eigenvalue weighted by Crippen LogP contribution is -2.10. The first-order chi connectivity index (χ1) is 9.65. The number of aryl methyl sites for hydroxylation is 2. The molecule has 0 spiro atoms. The second-order valence-corrected chi connectivity index (χ2v) is 5.08. The Morgan fingerprint density at radius 3 is 1.20 bits per heavy atom. The van der Waals surface area contributed by atoms with Crippen molar-refractivity contribution < 1.29 is 10.2 Å². The molecule has 0 fully saturated rings. The molecule has 2 aromatic carbocycles. The fourth-order valence-electron chi connectivity index (χ4n) is 2.27.